The van der Waals surface area contributed by atoms with Crippen molar-refractivity contribution < 1.29 is 60.1 Å². The molecule has 4 aliphatic heterocycles. The van der Waals surface area contributed by atoms with Crippen molar-refractivity contribution >= 4 is 46.7 Å². The number of nitrogens with zero attached hydrogens (tertiary/aromatic N) is 8. The summed E-state index contributed by atoms with van der Waals surface area (Å²) in [6.45, 7) is 8.22. The zero-order valence-electron chi connectivity index (χ0n) is 29.5. The van der Waals surface area contributed by atoms with E-state index in [2.05, 4.69) is 24.9 Å². The number of fused-ring (bicyclic) bond motifs is 7. The molecule has 10 atom stereocenters. The summed E-state index contributed by atoms with van der Waals surface area (Å²) in [5.41, 5.74) is 6.21. The van der Waals surface area contributed by atoms with Crippen LogP contribution in [0.3, 0.4) is 0 Å². The molecule has 3 saturated heterocycles. The number of anilines is 1. The molecule has 25 heteroatoms. The number of carbonyl (C=O) groups excluding carboxylic acids is 1. The van der Waals surface area contributed by atoms with E-state index in [1.165, 1.54) is 28.0 Å². The maximum absolute atomic E-state index is 16.3. The van der Waals surface area contributed by atoms with Crippen LogP contribution in [0.15, 0.2) is 31.4 Å². The maximum Gasteiger partial charge on any atom is 0.472 e. The first kappa shape index (κ1) is 37.6. The Morgan fingerprint density at radius 1 is 0.944 bits per heavy atom. The Kier molecular flexibility index (Phi) is 9.15. The lowest BCUT2D eigenvalue weighted by Gasteiger charge is -2.40. The van der Waals surface area contributed by atoms with Crippen molar-refractivity contribution in [3.8, 4) is 5.82 Å². The number of aromatic nitrogens is 8. The number of ether oxygens (including phenoxy) is 2. The van der Waals surface area contributed by atoms with Gasteiger partial charge in [0.05, 0.1) is 32.3 Å². The first-order valence-electron chi connectivity index (χ1n) is 16.8. The third-order valence-electron chi connectivity index (χ3n) is 10.3. The van der Waals surface area contributed by atoms with Crippen LogP contribution in [0.5, 0.6) is 0 Å². The minimum Gasteiger partial charge on any atom is -0.408 e. The molecular weight excluding hydrogens is 775 g/mol. The highest BCUT2D eigenvalue weighted by molar-refractivity contribution is 7.47. The molecule has 292 valence electrons. The monoisotopic (exact) mass is 813 g/mol. The van der Waals surface area contributed by atoms with Crippen molar-refractivity contribution in [1.29, 1.82) is 0 Å². The highest BCUT2D eigenvalue weighted by Crippen LogP contribution is 2.55. The molecule has 0 aliphatic carbocycles. The molecule has 3 fully saturated rings. The summed E-state index contributed by atoms with van der Waals surface area (Å²) < 4.78 is 89.3. The Morgan fingerprint density at radius 3 is 2.33 bits per heavy atom. The van der Waals surface area contributed by atoms with Crippen LogP contribution in [-0.4, -0.2) is 112 Å². The van der Waals surface area contributed by atoms with E-state index in [0.29, 0.717) is 5.82 Å². The minimum absolute atomic E-state index is 0.00875. The minimum atomic E-state index is -5.15. The van der Waals surface area contributed by atoms with E-state index in [1.807, 2.05) is 33.9 Å². The summed E-state index contributed by atoms with van der Waals surface area (Å²) in [4.78, 5) is 56.1. The molecule has 4 aromatic heterocycles. The highest BCUT2D eigenvalue weighted by Gasteiger charge is 2.57. The van der Waals surface area contributed by atoms with E-state index in [9.17, 15) is 23.7 Å². The van der Waals surface area contributed by atoms with Crippen molar-refractivity contribution in [2.45, 2.75) is 94.5 Å². The Bertz CT molecular complexity index is 2210. The number of phosphoric acid groups is 2. The van der Waals surface area contributed by atoms with Crippen LogP contribution < -0.4 is 5.73 Å². The lowest BCUT2D eigenvalue weighted by molar-refractivity contribution is -0.0680. The van der Waals surface area contributed by atoms with E-state index in [1.54, 1.807) is 10.8 Å². The number of nitrogen functional groups attached to an aromatic ring is 1. The molecule has 0 spiro atoms. The first-order valence-corrected chi connectivity index (χ1v) is 22.7. The zero-order chi connectivity index (χ0) is 38.5. The van der Waals surface area contributed by atoms with Gasteiger partial charge in [-0.2, -0.15) is 0 Å². The van der Waals surface area contributed by atoms with Gasteiger partial charge >= 0.3 is 15.6 Å². The second-order valence-corrected chi connectivity index (χ2v) is 22.4. The van der Waals surface area contributed by atoms with Gasteiger partial charge in [0, 0.05) is 12.4 Å². The van der Waals surface area contributed by atoms with E-state index in [4.69, 9.17) is 37.7 Å². The van der Waals surface area contributed by atoms with Crippen LogP contribution in [0, 0.1) is 0 Å². The molecule has 4 N–H and O–H groups in total. The fourth-order valence-electron chi connectivity index (χ4n) is 6.64. The third-order valence-corrected chi connectivity index (χ3v) is 16.8. The van der Waals surface area contributed by atoms with Crippen LogP contribution in [-0.2, 0) is 47.5 Å². The third kappa shape index (κ3) is 6.48. The topological polar surface area (TPSA) is 262 Å². The smallest absolute Gasteiger partial charge is 0.408 e. The number of Topliss-reactive ketones (excluding diaryl/α,β-unsaturated/α-hetero) is 1. The molecule has 54 heavy (non-hydrogen) atoms. The molecule has 4 aromatic rings. The van der Waals surface area contributed by atoms with Gasteiger partial charge in [0.25, 0.3) is 0 Å². The number of halogens is 1. The van der Waals surface area contributed by atoms with E-state index in [0.717, 1.165) is 6.33 Å². The summed E-state index contributed by atoms with van der Waals surface area (Å²) in [6, 6.07) is 0. The molecule has 4 aliphatic rings. The molecule has 0 amide bonds. The lowest BCUT2D eigenvalue weighted by atomic mass is 10.1. The maximum atomic E-state index is 16.3. The van der Waals surface area contributed by atoms with Crippen molar-refractivity contribution in [1.82, 2.24) is 38.6 Å². The van der Waals surface area contributed by atoms with Gasteiger partial charge in [-0.15, -0.1) is 0 Å². The van der Waals surface area contributed by atoms with Gasteiger partial charge in [-0.05, 0) is 18.1 Å². The molecule has 2 unspecified atom stereocenters. The number of hydrogen-bond acceptors (Lipinski definition) is 16. The SMILES string of the molecule is CC(C)(C)[Si](C)(C)O[C@H]1[C@H]2OP(=O)(O)OC[C@H]3O[C@@H](n4cnc5c(N)ncnc54)[C@H](F)[C@@H]3OP(=O)(O)OC[C@H]1O[C@H]2n1cnc2c1-n1ccnc1CC2=O. The number of rotatable bonds is 4. The van der Waals surface area contributed by atoms with Gasteiger partial charge in [0.2, 0.25) is 0 Å². The first-order chi connectivity index (χ1) is 25.3. The van der Waals surface area contributed by atoms with E-state index in [-0.39, 0.29) is 40.7 Å². The molecule has 8 rings (SSSR count). The van der Waals surface area contributed by atoms with Gasteiger partial charge in [0.15, 0.2) is 50.0 Å². The van der Waals surface area contributed by atoms with Gasteiger partial charge < -0.3 is 29.4 Å². The second kappa shape index (κ2) is 13.1. The second-order valence-electron chi connectivity index (χ2n) is 14.8. The predicted octanol–water partition coefficient (Wildman–Crippen LogP) is 2.77. The van der Waals surface area contributed by atoms with Crippen LogP contribution in [0.25, 0.3) is 17.0 Å². The van der Waals surface area contributed by atoms with Crippen LogP contribution >= 0.6 is 15.6 Å². The Morgan fingerprint density at radius 2 is 1.61 bits per heavy atom. The summed E-state index contributed by atoms with van der Waals surface area (Å²) in [5.74, 6) is 0.363. The van der Waals surface area contributed by atoms with Gasteiger partial charge in [0.1, 0.15) is 53.9 Å². The quantitative estimate of drug-likeness (QED) is 0.198. The number of nitrogens with two attached hydrogens (primary N) is 1. The van der Waals surface area contributed by atoms with Crippen molar-refractivity contribution in [3.05, 3.63) is 42.9 Å². The van der Waals surface area contributed by atoms with Crippen LogP contribution in [0.1, 0.15) is 49.5 Å². The summed E-state index contributed by atoms with van der Waals surface area (Å²) in [6.07, 6.45) is -5.72. The highest BCUT2D eigenvalue weighted by atomic mass is 31.2. The van der Waals surface area contributed by atoms with E-state index < -0.39 is 91.4 Å². The van der Waals surface area contributed by atoms with Gasteiger partial charge in [-0.25, -0.2) is 38.4 Å². The molecule has 2 bridgehead atoms. The van der Waals surface area contributed by atoms with Crippen molar-refractivity contribution in [2.75, 3.05) is 18.9 Å². The van der Waals surface area contributed by atoms with Crippen molar-refractivity contribution in [2.24, 2.45) is 0 Å². The Hall–Kier alpha value is -3.31. The van der Waals surface area contributed by atoms with Crippen LogP contribution in [0.4, 0.5) is 10.2 Å². The number of imidazole rings is 3. The van der Waals surface area contributed by atoms with E-state index >= 15 is 4.39 Å². The van der Waals surface area contributed by atoms with Crippen molar-refractivity contribution in [3.63, 3.8) is 0 Å². The molecule has 0 saturated carbocycles. The Balaban J connectivity index is 1.17. The number of alkyl halides is 1. The summed E-state index contributed by atoms with van der Waals surface area (Å²) >= 11 is 0. The molecule has 0 aromatic carbocycles. The number of carbonyl (C=O) groups is 1. The lowest BCUT2D eigenvalue weighted by Crippen LogP contribution is -2.50. The number of phosphoric ester groups is 2. The zero-order valence-corrected chi connectivity index (χ0v) is 32.3. The fourth-order valence-corrected chi connectivity index (χ4v) is 9.84. The molecule has 0 radical (unpaired) electrons. The van der Waals surface area contributed by atoms with Crippen LogP contribution in [0.2, 0.25) is 18.1 Å². The number of hydrogen-bond donors (Lipinski definition) is 3. The average Bonchev–Trinajstić information content (AvgIpc) is 3.91. The standard InChI is InChI=1S/C29H38FN9O12P2Si/c1-29(2,3)54(4,5)51-22-16-10-46-52(41,42)49-21-15(47-27(18(21)30)38-12-36-20-24(31)33-11-34-25(20)38)9-45-53(43,44)50-23(22)28(48-16)39-13-35-19-14(40)8-17-32-6-7-37(17)26(19)39/h6-7,11-13,15-16,18,21-23,27-28H,8-10H2,1-5H3,(H,41,42)(H,43,44)(H2,31,33,34)/t15-,16-,18-,21-,22-,23-,27-,28-/m1/s1. The largest absolute Gasteiger partial charge is 0.472 e. The molecular formula is C29H38FN9O12P2Si. The molecule has 21 nitrogen and oxygen atoms in total. The average molecular weight is 814 g/mol. The molecule has 8 heterocycles. The fraction of sp³-hybridized carbons (Fsp3) is 0.586. The normalized spacial score (nSPS) is 34.9. The summed E-state index contributed by atoms with van der Waals surface area (Å²) in [5, 5.41) is -0.398. The predicted molar refractivity (Wildman–Crippen MR) is 183 cm³/mol. The summed E-state index contributed by atoms with van der Waals surface area (Å²) in [7, 11) is -13.1. The van der Waals surface area contributed by atoms with Gasteiger partial charge in [-0.1, -0.05) is 20.8 Å². The Labute approximate surface area is 307 Å². The van der Waals surface area contributed by atoms with Gasteiger partial charge in [-0.3, -0.25) is 36.6 Å². The number of ketones is 1.